The molecule has 5 unspecified atom stereocenters. The van der Waals surface area contributed by atoms with Crippen molar-refractivity contribution in [3.05, 3.63) is 6.33 Å². The molecular weight excluding hydrogens is 405 g/mol. The number of hydrogen-bond acceptors (Lipinski definition) is 12. The van der Waals surface area contributed by atoms with Crippen LogP contribution in [0.3, 0.4) is 0 Å². The topological polar surface area (TPSA) is 170 Å². The van der Waals surface area contributed by atoms with Gasteiger partial charge in [-0.1, -0.05) is 0 Å². The molecule has 2 aromatic rings. The van der Waals surface area contributed by atoms with Crippen molar-refractivity contribution < 1.29 is 27.8 Å². The molecule has 154 valence electrons. The molecule has 13 nitrogen and oxygen atoms in total. The molecular formula is C15H19N7O6P+. The first-order valence-corrected chi connectivity index (χ1v) is 9.91. The number of anilines is 1. The number of fused-ring (bicyclic) bond motifs is 2. The Labute approximate surface area is 166 Å². The van der Waals surface area contributed by atoms with Crippen molar-refractivity contribution in [2.75, 3.05) is 18.9 Å². The van der Waals surface area contributed by atoms with E-state index in [4.69, 9.17) is 34.3 Å². The molecule has 14 heteroatoms. The molecule has 2 saturated heterocycles. The first-order valence-electron chi connectivity index (χ1n) is 8.82. The molecule has 0 spiro atoms. The van der Waals surface area contributed by atoms with Gasteiger partial charge in [0.2, 0.25) is 11.6 Å². The van der Waals surface area contributed by atoms with Crippen LogP contribution in [0.25, 0.3) is 11.3 Å². The first kappa shape index (κ1) is 20.0. The smallest absolute Gasteiger partial charge is 0.366 e. The third kappa shape index (κ3) is 4.04. The maximum absolute atomic E-state index is 11.8. The van der Waals surface area contributed by atoms with Crippen molar-refractivity contribution in [3.63, 3.8) is 0 Å². The Morgan fingerprint density at radius 1 is 1.34 bits per heavy atom. The summed E-state index contributed by atoms with van der Waals surface area (Å²) in [5, 5.41) is 16.1. The molecule has 29 heavy (non-hydrogen) atoms. The molecule has 0 aromatic carbocycles. The van der Waals surface area contributed by atoms with Crippen LogP contribution in [-0.4, -0.2) is 62.0 Å². The van der Waals surface area contributed by atoms with Gasteiger partial charge in [-0.25, -0.2) is 4.98 Å². The second-order valence-corrected chi connectivity index (χ2v) is 7.82. The van der Waals surface area contributed by atoms with Crippen LogP contribution in [0, 0.1) is 11.3 Å². The Morgan fingerprint density at radius 3 is 2.93 bits per heavy atom. The van der Waals surface area contributed by atoms with E-state index in [9.17, 15) is 4.57 Å². The van der Waals surface area contributed by atoms with Crippen molar-refractivity contribution in [2.24, 2.45) is 0 Å². The quantitative estimate of drug-likeness (QED) is 0.491. The van der Waals surface area contributed by atoms with Crippen LogP contribution >= 0.6 is 8.25 Å². The molecule has 4 heterocycles. The highest BCUT2D eigenvalue weighted by atomic mass is 31.1. The van der Waals surface area contributed by atoms with Crippen LogP contribution in [0.2, 0.25) is 0 Å². The highest BCUT2D eigenvalue weighted by Crippen LogP contribution is 2.44. The lowest BCUT2D eigenvalue weighted by atomic mass is 10.1. The van der Waals surface area contributed by atoms with Gasteiger partial charge in [-0.15, -0.1) is 19.2 Å². The Bertz CT molecular complexity index is 962. The van der Waals surface area contributed by atoms with Crippen LogP contribution < -0.4 is 5.73 Å². The molecule has 2 N–H and O–H groups in total. The maximum atomic E-state index is 11.8. The number of nitrogen functional groups attached to an aromatic ring is 1. The molecule has 0 radical (unpaired) electrons. The average molecular weight is 424 g/mol. The van der Waals surface area contributed by atoms with E-state index in [0.29, 0.717) is 11.3 Å². The van der Waals surface area contributed by atoms with Crippen LogP contribution in [0.1, 0.15) is 26.5 Å². The minimum absolute atomic E-state index is 0.00381. The zero-order valence-corrected chi connectivity index (χ0v) is 16.6. The summed E-state index contributed by atoms with van der Waals surface area (Å²) in [6, 6.07) is 1.90. The third-order valence-electron chi connectivity index (χ3n) is 4.37. The van der Waals surface area contributed by atoms with Crippen molar-refractivity contribution >= 4 is 25.5 Å². The molecule has 5 atom stereocenters. The predicted molar refractivity (Wildman–Crippen MR) is 95.0 cm³/mol. The lowest BCUT2D eigenvalue weighted by Crippen LogP contribution is -2.32. The summed E-state index contributed by atoms with van der Waals surface area (Å²) in [5.41, 5.74) is 6.35. The van der Waals surface area contributed by atoms with Crippen molar-refractivity contribution in [1.29, 1.82) is 5.26 Å². The van der Waals surface area contributed by atoms with E-state index in [2.05, 4.69) is 20.2 Å². The molecule has 0 aliphatic carbocycles. The number of rotatable bonds is 7. The van der Waals surface area contributed by atoms with Crippen molar-refractivity contribution in [2.45, 2.75) is 50.6 Å². The Balaban J connectivity index is 1.52. The number of nitrogens with zero attached hydrogens (tertiary/aromatic N) is 6. The number of imidazole rings is 1. The number of nitriles is 1. The van der Waals surface area contributed by atoms with E-state index in [-0.39, 0.29) is 25.6 Å². The molecule has 2 fully saturated rings. The number of ether oxygens (including phenoxy) is 3. The van der Waals surface area contributed by atoms with E-state index < -0.39 is 38.6 Å². The third-order valence-corrected chi connectivity index (χ3v) is 5.12. The maximum Gasteiger partial charge on any atom is 0.697 e. The monoisotopic (exact) mass is 424 g/mol. The highest BCUT2D eigenvalue weighted by Gasteiger charge is 2.56. The van der Waals surface area contributed by atoms with Crippen molar-refractivity contribution in [3.8, 4) is 6.07 Å². The fourth-order valence-corrected chi connectivity index (χ4v) is 3.88. The molecule has 2 aliphatic rings. The normalized spacial score (nSPS) is 28.4. The number of aromatic nitrogens is 5. The summed E-state index contributed by atoms with van der Waals surface area (Å²) in [4.78, 5) is 8.34. The second-order valence-electron chi connectivity index (χ2n) is 6.86. The van der Waals surface area contributed by atoms with Gasteiger partial charge in [-0.2, -0.15) is 10.2 Å². The van der Waals surface area contributed by atoms with Gasteiger partial charge in [0, 0.05) is 4.57 Å². The predicted octanol–water partition coefficient (Wildman–Crippen LogP) is 0.825. The summed E-state index contributed by atoms with van der Waals surface area (Å²) in [7, 11) is -2.39. The lowest BCUT2D eigenvalue weighted by molar-refractivity contribution is -0.199. The minimum atomic E-state index is -2.39. The summed E-state index contributed by atoms with van der Waals surface area (Å²) in [6.07, 6.45) is -0.582. The largest absolute Gasteiger partial charge is 0.697 e. The standard InChI is InChI=1S/C15H19N7O6P/c1-15(2)27-9-8(6-25-29(23)24-5-3-4-16)26-13(10(9)28-15)22-7-18-11-12(22)19-14(17)21-20-11/h7-10,13H,3,5-6H2,1-2H3,(H2,17,19,21)/q+1. The van der Waals surface area contributed by atoms with Gasteiger partial charge in [0.25, 0.3) is 0 Å². The Morgan fingerprint density at radius 2 is 2.14 bits per heavy atom. The molecule has 2 aliphatic heterocycles. The van der Waals surface area contributed by atoms with Gasteiger partial charge >= 0.3 is 8.25 Å². The SMILES string of the molecule is CC1(C)OC2C(CO[P+](=O)OCCC#N)OC(n3cnc4nnc(N)nc43)C2O1. The van der Waals surface area contributed by atoms with E-state index >= 15 is 0 Å². The zero-order chi connectivity index (χ0) is 20.6. The number of hydrogen-bond donors (Lipinski definition) is 1. The Hall–Kier alpha value is -2.33. The lowest BCUT2D eigenvalue weighted by Gasteiger charge is -2.24. The van der Waals surface area contributed by atoms with E-state index in [1.807, 2.05) is 6.07 Å². The number of nitrogens with two attached hydrogens (primary N) is 1. The van der Waals surface area contributed by atoms with Crippen LogP contribution in [0.15, 0.2) is 6.33 Å². The molecule has 4 rings (SSSR count). The van der Waals surface area contributed by atoms with E-state index in [0.717, 1.165) is 0 Å². The van der Waals surface area contributed by atoms with E-state index in [1.165, 1.54) is 6.33 Å². The fourth-order valence-electron chi connectivity index (χ4n) is 3.29. The van der Waals surface area contributed by atoms with Gasteiger partial charge < -0.3 is 19.9 Å². The van der Waals surface area contributed by atoms with Crippen molar-refractivity contribution in [1.82, 2.24) is 24.7 Å². The highest BCUT2D eigenvalue weighted by molar-refractivity contribution is 7.33. The summed E-state index contributed by atoms with van der Waals surface area (Å²) >= 11 is 0. The summed E-state index contributed by atoms with van der Waals surface area (Å²) in [6.45, 7) is 3.55. The van der Waals surface area contributed by atoms with Gasteiger partial charge in [-0.3, -0.25) is 4.57 Å². The Kier molecular flexibility index (Phi) is 5.39. The summed E-state index contributed by atoms with van der Waals surface area (Å²) < 4.78 is 41.7. The van der Waals surface area contributed by atoms with E-state index in [1.54, 1.807) is 18.4 Å². The van der Waals surface area contributed by atoms with Crippen LogP contribution in [-0.2, 0) is 27.8 Å². The zero-order valence-electron chi connectivity index (χ0n) is 15.7. The summed E-state index contributed by atoms with van der Waals surface area (Å²) in [5.74, 6) is -0.840. The minimum Gasteiger partial charge on any atom is -0.366 e. The average Bonchev–Trinajstić information content (AvgIpc) is 3.31. The van der Waals surface area contributed by atoms with Gasteiger partial charge in [0.15, 0.2) is 17.7 Å². The molecule has 2 aromatic heterocycles. The first-order chi connectivity index (χ1) is 13.9. The molecule has 0 bridgehead atoms. The second kappa shape index (κ2) is 7.83. The van der Waals surface area contributed by atoms with Gasteiger partial charge in [0.05, 0.1) is 12.5 Å². The molecule has 0 saturated carbocycles. The fraction of sp³-hybridized carbons (Fsp3) is 0.667. The molecule has 0 amide bonds. The van der Waals surface area contributed by atoms with Crippen LogP contribution in [0.4, 0.5) is 5.95 Å². The van der Waals surface area contributed by atoms with Gasteiger partial charge in [0.1, 0.15) is 37.9 Å². The van der Waals surface area contributed by atoms with Crippen LogP contribution in [0.5, 0.6) is 0 Å². The van der Waals surface area contributed by atoms with Gasteiger partial charge in [-0.05, 0) is 13.8 Å².